The summed E-state index contributed by atoms with van der Waals surface area (Å²) in [7, 11) is 0. The van der Waals surface area contributed by atoms with Crippen LogP contribution in [0, 0.1) is 10.8 Å². The van der Waals surface area contributed by atoms with Crippen molar-refractivity contribution in [1.29, 1.82) is 10.8 Å². The minimum Gasteiger partial charge on any atom is -0.381 e. The summed E-state index contributed by atoms with van der Waals surface area (Å²) in [4.78, 5) is 66.8. The van der Waals surface area contributed by atoms with Gasteiger partial charge in [-0.3, -0.25) is 30.0 Å². The second-order valence-corrected chi connectivity index (χ2v) is 12.0. The number of primary amides is 1. The Hall–Kier alpha value is -6.73. The number of aromatic nitrogens is 3. The molecule has 16 N–H and O–H groups in total. The number of hydrogen-bond acceptors (Lipinski definition) is 10. The molecule has 0 saturated carbocycles. The van der Waals surface area contributed by atoms with Gasteiger partial charge in [0.1, 0.15) is 24.2 Å². The molecule has 1 aromatic heterocycles. The van der Waals surface area contributed by atoms with E-state index in [-0.39, 0.29) is 62.9 Å². The number of nitrogens with one attached hydrogen (secondary N) is 8. The zero-order chi connectivity index (χ0) is 38.8. The minimum absolute atomic E-state index is 0.0126. The molecule has 20 heteroatoms. The van der Waals surface area contributed by atoms with E-state index in [9.17, 15) is 24.0 Å². The lowest BCUT2D eigenvalue weighted by molar-refractivity contribution is -0.133. The molecule has 284 valence electrons. The van der Waals surface area contributed by atoms with Gasteiger partial charge in [-0.25, -0.2) is 4.79 Å². The van der Waals surface area contributed by atoms with Gasteiger partial charge in [0.25, 0.3) is 0 Å². The normalized spacial score (nSPS) is 12.9. The topological polar surface area (TPSA) is 340 Å². The molecule has 5 amide bonds. The SMILES string of the molecule is N=C(N)NCCC[C@H](NC(=O)[C@H](Cc1ccccc1)NC(=O)[C@H](CCCNC(=N)N)NC(=O)[C@H](Cc1ccccc1)NC(=O)n1cc(N)nn1)C(N)=O. The third-order valence-electron chi connectivity index (χ3n) is 7.79. The third-order valence-corrected chi connectivity index (χ3v) is 7.79. The molecular formula is C33H47N15O5. The van der Waals surface area contributed by atoms with Crippen LogP contribution in [0.1, 0.15) is 36.8 Å². The van der Waals surface area contributed by atoms with Gasteiger partial charge in [0.15, 0.2) is 17.7 Å². The molecule has 2 aromatic carbocycles. The quantitative estimate of drug-likeness (QED) is 0.0333. The van der Waals surface area contributed by atoms with Crippen LogP contribution in [0.5, 0.6) is 0 Å². The highest BCUT2D eigenvalue weighted by Crippen LogP contribution is 2.09. The van der Waals surface area contributed by atoms with Crippen LogP contribution in [0.2, 0.25) is 0 Å². The van der Waals surface area contributed by atoms with Crippen LogP contribution >= 0.6 is 0 Å². The molecule has 0 aliphatic rings. The summed E-state index contributed by atoms with van der Waals surface area (Å²) in [6, 6.07) is 12.2. The lowest BCUT2D eigenvalue weighted by Crippen LogP contribution is -2.59. The predicted octanol–water partition coefficient (Wildman–Crippen LogP) is -2.26. The number of carbonyl (C=O) groups is 5. The zero-order valence-electron chi connectivity index (χ0n) is 29.0. The van der Waals surface area contributed by atoms with Crippen LogP contribution in [-0.4, -0.2) is 93.8 Å². The molecule has 0 bridgehead atoms. The summed E-state index contributed by atoms with van der Waals surface area (Å²) < 4.78 is 0.838. The summed E-state index contributed by atoms with van der Waals surface area (Å²) in [5.74, 6) is -3.48. The van der Waals surface area contributed by atoms with Crippen molar-refractivity contribution < 1.29 is 24.0 Å². The van der Waals surface area contributed by atoms with Crippen molar-refractivity contribution in [2.45, 2.75) is 62.7 Å². The molecule has 4 atom stereocenters. The number of amides is 5. The Labute approximate surface area is 305 Å². The first-order chi connectivity index (χ1) is 25.3. The van der Waals surface area contributed by atoms with Crippen LogP contribution in [0.15, 0.2) is 66.9 Å². The monoisotopic (exact) mass is 733 g/mol. The molecule has 0 aliphatic heterocycles. The Morgan fingerprint density at radius 2 is 1.08 bits per heavy atom. The highest BCUT2D eigenvalue weighted by molar-refractivity contribution is 5.95. The standard InChI is InChI=1S/C33H47N15O5/c34-26-19-48(47-46-26)33(53)45-25(18-21-11-5-2-6-12-21)30(52)43-23(14-8-16-41-32(38)39)28(50)44-24(17-20-9-3-1-4-10-20)29(51)42-22(27(35)49)13-7-15-40-31(36)37/h1-6,9-12,19,22-25H,7-8,13-18,34H2,(H2,35,49)(H,42,51)(H,43,52)(H,44,50)(H,45,53)(H4,36,37,40)(H4,38,39,41)/t22-,23-,24-,25-/m0/s1. The van der Waals surface area contributed by atoms with Crippen molar-refractivity contribution in [1.82, 2.24) is 46.9 Å². The Morgan fingerprint density at radius 1 is 0.642 bits per heavy atom. The van der Waals surface area contributed by atoms with Gasteiger partial charge in [-0.1, -0.05) is 65.9 Å². The first-order valence-corrected chi connectivity index (χ1v) is 16.7. The number of rotatable bonds is 20. The molecule has 0 fully saturated rings. The molecular weight excluding hydrogens is 686 g/mol. The maximum atomic E-state index is 14.0. The second-order valence-electron chi connectivity index (χ2n) is 12.0. The first-order valence-electron chi connectivity index (χ1n) is 16.7. The largest absolute Gasteiger partial charge is 0.381 e. The third kappa shape index (κ3) is 14.6. The van der Waals surface area contributed by atoms with Crippen LogP contribution in [-0.2, 0) is 32.0 Å². The van der Waals surface area contributed by atoms with E-state index < -0.39 is 53.8 Å². The fourth-order valence-corrected chi connectivity index (χ4v) is 5.14. The molecule has 0 unspecified atom stereocenters. The van der Waals surface area contributed by atoms with Gasteiger partial charge in [0.2, 0.25) is 23.6 Å². The fourth-order valence-electron chi connectivity index (χ4n) is 5.14. The maximum Gasteiger partial charge on any atom is 0.344 e. The van der Waals surface area contributed by atoms with Crippen LogP contribution < -0.4 is 54.8 Å². The van der Waals surface area contributed by atoms with Gasteiger partial charge < -0.3 is 54.8 Å². The Morgan fingerprint density at radius 3 is 1.53 bits per heavy atom. The van der Waals surface area contributed by atoms with E-state index in [2.05, 4.69) is 42.2 Å². The number of anilines is 1. The minimum atomic E-state index is -1.23. The molecule has 20 nitrogen and oxygen atoms in total. The summed E-state index contributed by atoms with van der Waals surface area (Å²) >= 11 is 0. The summed E-state index contributed by atoms with van der Waals surface area (Å²) in [6.45, 7) is 0.456. The van der Waals surface area contributed by atoms with Crippen molar-refractivity contribution in [2.75, 3.05) is 18.8 Å². The van der Waals surface area contributed by atoms with Crippen LogP contribution in [0.3, 0.4) is 0 Å². The van der Waals surface area contributed by atoms with E-state index in [0.717, 1.165) is 4.68 Å². The van der Waals surface area contributed by atoms with Gasteiger partial charge in [-0.2, -0.15) is 4.68 Å². The van der Waals surface area contributed by atoms with E-state index in [1.807, 2.05) is 0 Å². The average Bonchev–Trinajstić information content (AvgIpc) is 3.56. The molecule has 1 heterocycles. The van der Waals surface area contributed by atoms with Gasteiger partial charge in [0, 0.05) is 25.9 Å². The highest BCUT2D eigenvalue weighted by atomic mass is 16.2. The molecule has 3 aromatic rings. The van der Waals surface area contributed by atoms with Gasteiger partial charge >= 0.3 is 6.03 Å². The van der Waals surface area contributed by atoms with Crippen molar-refractivity contribution in [3.8, 4) is 0 Å². The van der Waals surface area contributed by atoms with E-state index in [0.29, 0.717) is 17.5 Å². The predicted molar refractivity (Wildman–Crippen MR) is 196 cm³/mol. The second kappa shape index (κ2) is 20.8. The van der Waals surface area contributed by atoms with Crippen molar-refractivity contribution >= 4 is 47.4 Å². The summed E-state index contributed by atoms with van der Waals surface area (Å²) in [5, 5.41) is 37.9. The first kappa shape index (κ1) is 40.7. The average molecular weight is 734 g/mol. The van der Waals surface area contributed by atoms with Crippen molar-refractivity contribution in [3.05, 3.63) is 78.0 Å². The summed E-state index contributed by atoms with van der Waals surface area (Å²) in [6.07, 6.45) is 2.01. The van der Waals surface area contributed by atoms with Crippen LogP contribution in [0.4, 0.5) is 10.6 Å². The number of nitrogens with two attached hydrogens (primary N) is 4. The van der Waals surface area contributed by atoms with Gasteiger partial charge in [0.05, 0.1) is 6.20 Å². The number of carbonyl (C=O) groups excluding carboxylic acids is 5. The lowest BCUT2D eigenvalue weighted by atomic mass is 10.0. The van der Waals surface area contributed by atoms with E-state index >= 15 is 0 Å². The Balaban J connectivity index is 1.85. The molecule has 0 saturated heterocycles. The van der Waals surface area contributed by atoms with Crippen molar-refractivity contribution in [3.63, 3.8) is 0 Å². The molecule has 0 spiro atoms. The number of guanidine groups is 2. The Kier molecular flexibility index (Phi) is 16.0. The zero-order valence-corrected chi connectivity index (χ0v) is 29.0. The lowest BCUT2D eigenvalue weighted by Gasteiger charge is -2.26. The Bertz CT molecular complexity index is 1700. The van der Waals surface area contributed by atoms with Crippen molar-refractivity contribution in [2.24, 2.45) is 17.2 Å². The fraction of sp³-hybridized carbons (Fsp3) is 0.364. The molecule has 53 heavy (non-hydrogen) atoms. The number of benzene rings is 2. The molecule has 0 aliphatic carbocycles. The molecule has 3 rings (SSSR count). The molecule has 0 radical (unpaired) electrons. The van der Waals surface area contributed by atoms with Gasteiger partial charge in [-0.05, 0) is 36.8 Å². The number of hydrogen-bond donors (Lipinski definition) is 12. The van der Waals surface area contributed by atoms with E-state index in [4.69, 9.17) is 33.8 Å². The highest BCUT2D eigenvalue weighted by Gasteiger charge is 2.31. The van der Waals surface area contributed by atoms with Gasteiger partial charge in [-0.15, -0.1) is 5.10 Å². The number of nitrogens with zero attached hydrogens (tertiary/aromatic N) is 3. The van der Waals surface area contributed by atoms with Crippen LogP contribution in [0.25, 0.3) is 0 Å². The maximum absolute atomic E-state index is 14.0. The summed E-state index contributed by atoms with van der Waals surface area (Å²) in [5.41, 5.74) is 23.3. The number of nitrogen functional groups attached to an aromatic ring is 1. The smallest absolute Gasteiger partial charge is 0.344 e. The van der Waals surface area contributed by atoms with E-state index in [1.54, 1.807) is 60.7 Å². The van der Waals surface area contributed by atoms with E-state index in [1.165, 1.54) is 6.20 Å².